The molecule has 1 aliphatic heterocycles. The molecule has 0 radical (unpaired) electrons. The molecule has 128 valence electrons. The number of ether oxygens (including phenoxy) is 1. The van der Waals surface area contributed by atoms with Crippen molar-refractivity contribution in [3.8, 4) is 0 Å². The van der Waals surface area contributed by atoms with Gasteiger partial charge >= 0.3 is 0 Å². The molecule has 0 N–H and O–H groups in total. The number of aryl methyl sites for hydroxylation is 2. The first-order valence-corrected chi connectivity index (χ1v) is 8.60. The summed E-state index contributed by atoms with van der Waals surface area (Å²) >= 11 is 0. The molecule has 5 heteroatoms. The zero-order chi connectivity index (χ0) is 17.2. The second kappa shape index (κ2) is 6.69. The van der Waals surface area contributed by atoms with Gasteiger partial charge in [-0.05, 0) is 37.1 Å². The van der Waals surface area contributed by atoms with E-state index < -0.39 is 0 Å². The minimum Gasteiger partial charge on any atom is -0.350 e. The van der Waals surface area contributed by atoms with E-state index in [4.69, 9.17) is 4.74 Å². The van der Waals surface area contributed by atoms with E-state index in [1.54, 1.807) is 0 Å². The van der Waals surface area contributed by atoms with Gasteiger partial charge in [-0.2, -0.15) is 0 Å². The predicted molar refractivity (Wildman–Crippen MR) is 97.5 cm³/mol. The van der Waals surface area contributed by atoms with Crippen molar-refractivity contribution in [3.63, 3.8) is 0 Å². The van der Waals surface area contributed by atoms with Crippen molar-refractivity contribution in [1.29, 1.82) is 0 Å². The van der Waals surface area contributed by atoms with Crippen LogP contribution in [-0.4, -0.2) is 28.1 Å². The Kier molecular flexibility index (Phi) is 4.24. The lowest BCUT2D eigenvalue weighted by Crippen LogP contribution is -2.23. The van der Waals surface area contributed by atoms with Gasteiger partial charge in [0.05, 0.1) is 19.3 Å². The molecular formula is C20H22N4O. The van der Waals surface area contributed by atoms with Gasteiger partial charge in [0.25, 0.3) is 0 Å². The Morgan fingerprint density at radius 1 is 1.08 bits per heavy atom. The Hall–Kier alpha value is -2.66. The lowest BCUT2D eigenvalue weighted by atomic mass is 10.1. The highest BCUT2D eigenvalue weighted by Gasteiger charge is 2.29. The molecule has 1 saturated heterocycles. The van der Waals surface area contributed by atoms with Gasteiger partial charge in [0.1, 0.15) is 5.69 Å². The normalized spacial score (nSPS) is 17.2. The summed E-state index contributed by atoms with van der Waals surface area (Å²) in [5, 5.41) is 8.66. The molecule has 4 rings (SSSR count). The zero-order valence-corrected chi connectivity index (χ0v) is 14.6. The van der Waals surface area contributed by atoms with E-state index >= 15 is 0 Å². The molecule has 2 aromatic carbocycles. The van der Waals surface area contributed by atoms with Crippen LogP contribution < -0.4 is 4.90 Å². The minimum atomic E-state index is -0.173. The lowest BCUT2D eigenvalue weighted by Gasteiger charge is -2.23. The highest BCUT2D eigenvalue weighted by atomic mass is 16.5. The maximum absolute atomic E-state index is 5.93. The summed E-state index contributed by atoms with van der Waals surface area (Å²) in [6.45, 7) is 6.49. The number of hydrogen-bond donors (Lipinski definition) is 0. The molecule has 0 aliphatic carbocycles. The molecule has 0 amide bonds. The van der Waals surface area contributed by atoms with Crippen LogP contribution in [0.15, 0.2) is 54.7 Å². The Balaban J connectivity index is 1.54. The molecule has 1 aromatic heterocycles. The van der Waals surface area contributed by atoms with Gasteiger partial charge in [-0.1, -0.05) is 47.2 Å². The van der Waals surface area contributed by atoms with Gasteiger partial charge in [0.15, 0.2) is 6.23 Å². The van der Waals surface area contributed by atoms with Crippen LogP contribution in [0.1, 0.15) is 28.6 Å². The largest absolute Gasteiger partial charge is 0.350 e. The summed E-state index contributed by atoms with van der Waals surface area (Å²) < 4.78 is 7.82. The minimum absolute atomic E-state index is 0.173. The smallest absolute Gasteiger partial charge is 0.177 e. The number of rotatable bonds is 4. The van der Waals surface area contributed by atoms with Crippen LogP contribution in [0, 0.1) is 13.8 Å². The first-order chi connectivity index (χ1) is 12.2. The zero-order valence-electron chi connectivity index (χ0n) is 14.6. The molecule has 1 fully saturated rings. The number of benzene rings is 2. The summed E-state index contributed by atoms with van der Waals surface area (Å²) in [4.78, 5) is 2.24. The predicted octanol–water partition coefficient (Wildman–Crippen LogP) is 3.48. The lowest BCUT2D eigenvalue weighted by molar-refractivity contribution is 0.110. The van der Waals surface area contributed by atoms with Gasteiger partial charge in [0.2, 0.25) is 0 Å². The summed E-state index contributed by atoms with van der Waals surface area (Å²) in [5.74, 6) is 0. The van der Waals surface area contributed by atoms with Crippen LogP contribution >= 0.6 is 0 Å². The highest BCUT2D eigenvalue weighted by molar-refractivity contribution is 5.49. The summed E-state index contributed by atoms with van der Waals surface area (Å²) in [5.41, 5.74) is 5.78. The van der Waals surface area contributed by atoms with Gasteiger partial charge in [-0.15, -0.1) is 5.10 Å². The number of aromatic nitrogens is 3. The standard InChI is InChI=1S/C20H22N4O/c1-15-7-9-18(10-8-15)24-11-12-25-20(24)19-14-23(22-21-19)13-17-6-4-3-5-16(17)2/h3-10,14,20H,11-13H2,1-2H3. The molecule has 2 heterocycles. The third kappa shape index (κ3) is 3.28. The van der Waals surface area contributed by atoms with Crippen LogP contribution in [0.5, 0.6) is 0 Å². The average Bonchev–Trinajstić information content (AvgIpc) is 3.27. The Labute approximate surface area is 147 Å². The molecule has 1 atom stereocenters. The van der Waals surface area contributed by atoms with Crippen molar-refractivity contribution in [2.45, 2.75) is 26.6 Å². The van der Waals surface area contributed by atoms with E-state index in [9.17, 15) is 0 Å². The molecule has 1 aliphatic rings. The van der Waals surface area contributed by atoms with Gasteiger partial charge in [-0.25, -0.2) is 4.68 Å². The van der Waals surface area contributed by atoms with E-state index in [-0.39, 0.29) is 6.23 Å². The fraction of sp³-hybridized carbons (Fsp3) is 0.300. The fourth-order valence-corrected chi connectivity index (χ4v) is 3.18. The topological polar surface area (TPSA) is 43.2 Å². The number of anilines is 1. The Morgan fingerprint density at radius 3 is 2.68 bits per heavy atom. The fourth-order valence-electron chi connectivity index (χ4n) is 3.18. The Morgan fingerprint density at radius 2 is 1.88 bits per heavy atom. The molecule has 0 spiro atoms. The monoisotopic (exact) mass is 334 g/mol. The summed E-state index contributed by atoms with van der Waals surface area (Å²) in [6.07, 6.45) is 1.82. The van der Waals surface area contributed by atoms with E-state index in [0.717, 1.165) is 24.5 Å². The van der Waals surface area contributed by atoms with E-state index in [2.05, 4.69) is 77.6 Å². The molecule has 5 nitrogen and oxygen atoms in total. The second-order valence-electron chi connectivity index (χ2n) is 6.52. The third-order valence-electron chi connectivity index (χ3n) is 4.66. The molecule has 3 aromatic rings. The van der Waals surface area contributed by atoms with Crippen molar-refractivity contribution in [1.82, 2.24) is 15.0 Å². The third-order valence-corrected chi connectivity index (χ3v) is 4.66. The summed E-state index contributed by atoms with van der Waals surface area (Å²) in [7, 11) is 0. The first kappa shape index (κ1) is 15.8. The molecule has 0 saturated carbocycles. The van der Waals surface area contributed by atoms with Crippen LogP contribution in [0.3, 0.4) is 0 Å². The maximum atomic E-state index is 5.93. The van der Waals surface area contributed by atoms with Crippen LogP contribution in [-0.2, 0) is 11.3 Å². The van der Waals surface area contributed by atoms with Gasteiger partial charge in [-0.3, -0.25) is 0 Å². The van der Waals surface area contributed by atoms with Crippen LogP contribution in [0.4, 0.5) is 5.69 Å². The first-order valence-electron chi connectivity index (χ1n) is 8.60. The molecule has 25 heavy (non-hydrogen) atoms. The summed E-state index contributed by atoms with van der Waals surface area (Å²) in [6, 6.07) is 16.9. The van der Waals surface area contributed by atoms with Gasteiger partial charge in [0, 0.05) is 12.2 Å². The number of hydrogen-bond acceptors (Lipinski definition) is 4. The van der Waals surface area contributed by atoms with Crippen LogP contribution in [0.25, 0.3) is 0 Å². The quantitative estimate of drug-likeness (QED) is 0.733. The van der Waals surface area contributed by atoms with E-state index in [0.29, 0.717) is 6.61 Å². The van der Waals surface area contributed by atoms with Crippen molar-refractivity contribution in [3.05, 3.63) is 77.1 Å². The SMILES string of the molecule is Cc1ccc(N2CCOC2c2cn(Cc3ccccc3C)nn2)cc1. The van der Waals surface area contributed by atoms with Crippen molar-refractivity contribution >= 4 is 5.69 Å². The van der Waals surface area contributed by atoms with Gasteiger partial charge < -0.3 is 9.64 Å². The average molecular weight is 334 g/mol. The van der Waals surface area contributed by atoms with Crippen molar-refractivity contribution in [2.75, 3.05) is 18.1 Å². The molecule has 1 unspecified atom stereocenters. The van der Waals surface area contributed by atoms with Crippen molar-refractivity contribution in [2.24, 2.45) is 0 Å². The Bertz CT molecular complexity index is 856. The molecule has 0 bridgehead atoms. The van der Waals surface area contributed by atoms with Crippen molar-refractivity contribution < 1.29 is 4.74 Å². The maximum Gasteiger partial charge on any atom is 0.177 e. The second-order valence-corrected chi connectivity index (χ2v) is 6.52. The number of nitrogens with zero attached hydrogens (tertiary/aromatic N) is 4. The van der Waals surface area contributed by atoms with E-state index in [1.807, 2.05) is 10.9 Å². The van der Waals surface area contributed by atoms with Crippen LogP contribution in [0.2, 0.25) is 0 Å². The van der Waals surface area contributed by atoms with E-state index in [1.165, 1.54) is 16.7 Å². The molecular weight excluding hydrogens is 312 g/mol. The highest BCUT2D eigenvalue weighted by Crippen LogP contribution is 2.31.